The first-order valence-electron chi connectivity index (χ1n) is 7.17. The Morgan fingerprint density at radius 1 is 1.08 bits per heavy atom. The van der Waals surface area contributed by atoms with Gasteiger partial charge in [0, 0.05) is 15.4 Å². The van der Waals surface area contributed by atoms with Crippen LogP contribution in [0, 0.1) is 0 Å². The Morgan fingerprint density at radius 3 is 2.58 bits per heavy atom. The van der Waals surface area contributed by atoms with Crippen molar-refractivity contribution in [1.82, 2.24) is 5.43 Å². The Kier molecular flexibility index (Phi) is 3.29. The molecule has 2 aromatic rings. The van der Waals surface area contributed by atoms with Crippen LogP contribution >= 0.6 is 11.8 Å². The average Bonchev–Trinajstić information content (AvgIpc) is 2.96. The van der Waals surface area contributed by atoms with Gasteiger partial charge in [-0.2, -0.15) is 18.3 Å². The van der Waals surface area contributed by atoms with Crippen molar-refractivity contribution in [2.45, 2.75) is 28.1 Å². The summed E-state index contributed by atoms with van der Waals surface area (Å²) >= 11 is 1.59. The first kappa shape index (κ1) is 15.3. The van der Waals surface area contributed by atoms with Crippen molar-refractivity contribution in [2.24, 2.45) is 5.10 Å². The smallest absolute Gasteiger partial charge is 0.362 e. The first-order chi connectivity index (χ1) is 11.4. The molecular weight excluding hydrogens is 339 g/mol. The second-order valence-electron chi connectivity index (χ2n) is 5.64. The van der Waals surface area contributed by atoms with Crippen LogP contribution in [0.3, 0.4) is 0 Å². The van der Waals surface area contributed by atoms with E-state index in [0.29, 0.717) is 5.56 Å². The summed E-state index contributed by atoms with van der Waals surface area (Å²) in [5.41, 5.74) is 1.27. The summed E-state index contributed by atoms with van der Waals surface area (Å²) in [6.07, 6.45) is -5.42. The molecule has 0 bridgehead atoms. The molecular formula is C16H12F3N3OS. The van der Waals surface area contributed by atoms with Crippen LogP contribution in [-0.4, -0.2) is 22.7 Å². The summed E-state index contributed by atoms with van der Waals surface area (Å²) in [5.74, 6) is 0. The zero-order valence-corrected chi connectivity index (χ0v) is 13.0. The van der Waals surface area contributed by atoms with Gasteiger partial charge in [-0.3, -0.25) is 5.43 Å². The topological polar surface area (TPSA) is 56.6 Å². The second kappa shape index (κ2) is 5.15. The number of hydrogen-bond acceptors (Lipinski definition) is 5. The highest BCUT2D eigenvalue weighted by molar-refractivity contribution is 7.99. The molecule has 0 aromatic heterocycles. The number of halogens is 3. The van der Waals surface area contributed by atoms with Gasteiger partial charge in [-0.25, -0.2) is 0 Å². The molecule has 0 unspecified atom stereocenters. The molecule has 4 nitrogen and oxygen atoms in total. The third kappa shape index (κ3) is 2.42. The van der Waals surface area contributed by atoms with Crippen LogP contribution in [0.1, 0.15) is 12.0 Å². The van der Waals surface area contributed by atoms with E-state index in [9.17, 15) is 18.3 Å². The van der Waals surface area contributed by atoms with E-state index in [0.717, 1.165) is 21.2 Å². The molecule has 24 heavy (non-hydrogen) atoms. The number of nitrogens with one attached hydrogen (secondary N) is 2. The van der Waals surface area contributed by atoms with E-state index in [-0.39, 0.29) is 5.71 Å². The molecule has 124 valence electrons. The standard InChI is InChI=1S/C16H12F3N3OS/c17-16(18,19)15(23)8-12(21-22-15)9-5-6-14-11(7-9)20-10-3-1-2-4-13(10)24-14/h1-7,20,22-23H,8H2/t15-/m0/s1. The maximum Gasteiger partial charge on any atom is 0.438 e. The molecule has 0 aliphatic carbocycles. The maximum absolute atomic E-state index is 12.9. The van der Waals surface area contributed by atoms with Crippen LogP contribution < -0.4 is 10.7 Å². The Hall–Kier alpha value is -2.19. The molecule has 2 heterocycles. The second-order valence-corrected chi connectivity index (χ2v) is 6.72. The lowest BCUT2D eigenvalue weighted by molar-refractivity contribution is -0.266. The van der Waals surface area contributed by atoms with Crippen LogP contribution in [0.25, 0.3) is 0 Å². The molecule has 0 fully saturated rings. The van der Waals surface area contributed by atoms with E-state index in [1.54, 1.807) is 23.9 Å². The summed E-state index contributed by atoms with van der Waals surface area (Å²) in [4.78, 5) is 2.07. The molecule has 8 heteroatoms. The van der Waals surface area contributed by atoms with Gasteiger partial charge >= 0.3 is 6.18 Å². The van der Waals surface area contributed by atoms with Gasteiger partial charge in [0.15, 0.2) is 0 Å². The monoisotopic (exact) mass is 351 g/mol. The summed E-state index contributed by atoms with van der Waals surface area (Å²) < 4.78 is 38.6. The minimum Gasteiger partial charge on any atom is -0.362 e. The van der Waals surface area contributed by atoms with Gasteiger partial charge in [-0.1, -0.05) is 30.0 Å². The van der Waals surface area contributed by atoms with Crippen molar-refractivity contribution >= 4 is 28.8 Å². The number of anilines is 2. The fourth-order valence-corrected chi connectivity index (χ4v) is 3.60. The minimum atomic E-state index is -4.79. The number of hydrazone groups is 1. The van der Waals surface area contributed by atoms with Crippen LogP contribution in [0.4, 0.5) is 24.5 Å². The number of fused-ring (bicyclic) bond motifs is 2. The lowest BCUT2D eigenvalue weighted by atomic mass is 10.0. The molecule has 3 N–H and O–H groups in total. The van der Waals surface area contributed by atoms with Crippen molar-refractivity contribution in [2.75, 3.05) is 5.32 Å². The molecule has 4 rings (SSSR count). The molecule has 0 saturated heterocycles. The molecule has 0 saturated carbocycles. The van der Waals surface area contributed by atoms with E-state index < -0.39 is 18.3 Å². The van der Waals surface area contributed by atoms with Crippen LogP contribution in [0.15, 0.2) is 57.4 Å². The Balaban J connectivity index is 1.62. The number of para-hydroxylation sites is 1. The predicted molar refractivity (Wildman–Crippen MR) is 85.6 cm³/mol. The first-order valence-corrected chi connectivity index (χ1v) is 7.99. The molecule has 0 spiro atoms. The van der Waals surface area contributed by atoms with Crippen molar-refractivity contribution < 1.29 is 18.3 Å². The fraction of sp³-hybridized carbons (Fsp3) is 0.188. The molecule has 0 radical (unpaired) electrons. The van der Waals surface area contributed by atoms with Crippen molar-refractivity contribution in [1.29, 1.82) is 0 Å². The Bertz CT molecular complexity index is 853. The summed E-state index contributed by atoms with van der Waals surface area (Å²) in [6.45, 7) is 0. The van der Waals surface area contributed by atoms with E-state index in [1.165, 1.54) is 0 Å². The molecule has 0 amide bonds. The van der Waals surface area contributed by atoms with Gasteiger partial charge in [-0.15, -0.1) is 0 Å². The number of aliphatic hydroxyl groups is 1. The van der Waals surface area contributed by atoms with Crippen molar-refractivity contribution in [3.05, 3.63) is 48.0 Å². The van der Waals surface area contributed by atoms with E-state index in [1.807, 2.05) is 35.8 Å². The summed E-state index contributed by atoms with van der Waals surface area (Å²) in [7, 11) is 0. The third-order valence-electron chi connectivity index (χ3n) is 3.96. The van der Waals surface area contributed by atoms with Crippen LogP contribution in [-0.2, 0) is 0 Å². The van der Waals surface area contributed by atoms with Crippen molar-refractivity contribution in [3.63, 3.8) is 0 Å². The highest BCUT2D eigenvalue weighted by Crippen LogP contribution is 2.44. The lowest BCUT2D eigenvalue weighted by Gasteiger charge is -2.25. The van der Waals surface area contributed by atoms with Crippen LogP contribution in [0.5, 0.6) is 0 Å². The molecule has 1 atom stereocenters. The maximum atomic E-state index is 12.9. The zero-order valence-electron chi connectivity index (χ0n) is 12.2. The van der Waals surface area contributed by atoms with Gasteiger partial charge in [0.05, 0.1) is 23.5 Å². The number of alkyl halides is 3. The molecule has 2 aliphatic rings. The average molecular weight is 351 g/mol. The van der Waals surface area contributed by atoms with Gasteiger partial charge in [0.2, 0.25) is 0 Å². The quantitative estimate of drug-likeness (QED) is 0.623. The van der Waals surface area contributed by atoms with Gasteiger partial charge in [0.1, 0.15) is 0 Å². The largest absolute Gasteiger partial charge is 0.438 e. The number of benzene rings is 2. The lowest BCUT2D eigenvalue weighted by Crippen LogP contribution is -2.52. The number of nitrogens with zero attached hydrogens (tertiary/aromatic N) is 1. The Morgan fingerprint density at radius 2 is 1.83 bits per heavy atom. The molecule has 2 aliphatic heterocycles. The van der Waals surface area contributed by atoms with E-state index in [4.69, 9.17) is 0 Å². The molecule has 2 aromatic carbocycles. The number of hydrogen-bond donors (Lipinski definition) is 3. The normalized spacial score (nSPS) is 22.1. The van der Waals surface area contributed by atoms with E-state index in [2.05, 4.69) is 10.4 Å². The minimum absolute atomic E-state index is 0.170. The Labute approximate surface area is 139 Å². The van der Waals surface area contributed by atoms with Gasteiger partial charge in [0.25, 0.3) is 5.72 Å². The van der Waals surface area contributed by atoms with Gasteiger partial charge in [-0.05, 0) is 24.3 Å². The summed E-state index contributed by atoms with van der Waals surface area (Å²) in [6, 6.07) is 13.1. The van der Waals surface area contributed by atoms with Gasteiger partial charge < -0.3 is 10.4 Å². The zero-order chi connectivity index (χ0) is 16.9. The number of rotatable bonds is 1. The van der Waals surface area contributed by atoms with Crippen LogP contribution in [0.2, 0.25) is 0 Å². The fourth-order valence-electron chi connectivity index (χ4n) is 2.63. The van der Waals surface area contributed by atoms with Crippen molar-refractivity contribution in [3.8, 4) is 0 Å². The highest BCUT2D eigenvalue weighted by atomic mass is 32.2. The highest BCUT2D eigenvalue weighted by Gasteiger charge is 2.57. The summed E-state index contributed by atoms with van der Waals surface area (Å²) in [5, 5.41) is 16.6. The van der Waals surface area contributed by atoms with E-state index >= 15 is 0 Å². The predicted octanol–water partition coefficient (Wildman–Crippen LogP) is 3.84. The third-order valence-corrected chi connectivity index (χ3v) is 5.11. The SMILES string of the molecule is O[C@]1(C(F)(F)F)CC(c2ccc3c(c2)Nc2ccccc2S3)=NN1.